The number of rotatable bonds is 5. The maximum absolute atomic E-state index is 13.7. The second-order valence-corrected chi connectivity index (χ2v) is 6.30. The number of carbonyl (C=O) groups excluding carboxylic acids is 1. The quantitative estimate of drug-likeness (QED) is 0.892. The van der Waals surface area contributed by atoms with Crippen molar-refractivity contribution in [3.63, 3.8) is 0 Å². The van der Waals surface area contributed by atoms with Gasteiger partial charge in [-0.15, -0.1) is 0 Å². The maximum atomic E-state index is 13.7. The Balaban J connectivity index is 1.85. The predicted octanol–water partition coefficient (Wildman–Crippen LogP) is 2.94. The fraction of sp³-hybridized carbons (Fsp3) is 0.533. The molecule has 1 aliphatic heterocycles. The van der Waals surface area contributed by atoms with Crippen molar-refractivity contribution in [2.24, 2.45) is 5.92 Å². The molecule has 5 heteroatoms. The van der Waals surface area contributed by atoms with E-state index >= 15 is 0 Å². The lowest BCUT2D eigenvalue weighted by atomic mass is 10.0. The van der Waals surface area contributed by atoms with Gasteiger partial charge in [0.1, 0.15) is 5.82 Å². The molecule has 0 bridgehead atoms. The Kier molecular flexibility index (Phi) is 5.54. The molecule has 3 nitrogen and oxygen atoms in total. The van der Waals surface area contributed by atoms with Crippen molar-refractivity contribution >= 4 is 21.8 Å². The summed E-state index contributed by atoms with van der Waals surface area (Å²) in [5.41, 5.74) is 0.540. The molecule has 1 heterocycles. The molecule has 0 aromatic heterocycles. The van der Waals surface area contributed by atoms with Gasteiger partial charge in [0.25, 0.3) is 0 Å². The van der Waals surface area contributed by atoms with Crippen molar-refractivity contribution in [2.75, 3.05) is 20.1 Å². The van der Waals surface area contributed by atoms with E-state index in [1.54, 1.807) is 24.1 Å². The van der Waals surface area contributed by atoms with Gasteiger partial charge < -0.3 is 10.2 Å². The second kappa shape index (κ2) is 7.18. The van der Waals surface area contributed by atoms with Crippen molar-refractivity contribution in [2.45, 2.75) is 25.8 Å². The standard InChI is InChI=1S/C15H20BrFN2O/c1-19(10-12-8-13(16)3-4-14(12)17)15(20)5-2-11-6-7-18-9-11/h3-4,8,11,18H,2,5-7,9-10H2,1H3. The van der Waals surface area contributed by atoms with E-state index in [0.29, 0.717) is 24.4 Å². The van der Waals surface area contributed by atoms with Crippen LogP contribution in [0.15, 0.2) is 22.7 Å². The number of carbonyl (C=O) groups is 1. The van der Waals surface area contributed by atoms with Gasteiger partial charge in [0.05, 0.1) is 0 Å². The molecule has 1 atom stereocenters. The van der Waals surface area contributed by atoms with Gasteiger partial charge in [-0.25, -0.2) is 4.39 Å². The maximum Gasteiger partial charge on any atom is 0.222 e. The van der Waals surface area contributed by atoms with Crippen LogP contribution < -0.4 is 5.32 Å². The van der Waals surface area contributed by atoms with Gasteiger partial charge in [-0.2, -0.15) is 0 Å². The van der Waals surface area contributed by atoms with Gasteiger partial charge in [-0.1, -0.05) is 15.9 Å². The minimum atomic E-state index is -0.271. The third kappa shape index (κ3) is 4.28. The van der Waals surface area contributed by atoms with E-state index in [1.165, 1.54) is 6.07 Å². The van der Waals surface area contributed by atoms with Crippen LogP contribution in [0.25, 0.3) is 0 Å². The monoisotopic (exact) mass is 342 g/mol. The third-order valence-corrected chi connectivity index (χ3v) is 4.26. The highest BCUT2D eigenvalue weighted by atomic mass is 79.9. The first kappa shape index (κ1) is 15.4. The fourth-order valence-corrected chi connectivity index (χ4v) is 2.90. The van der Waals surface area contributed by atoms with Crippen LogP contribution in [0.3, 0.4) is 0 Å². The molecule has 20 heavy (non-hydrogen) atoms. The number of nitrogens with zero attached hydrogens (tertiary/aromatic N) is 1. The van der Waals surface area contributed by atoms with E-state index in [4.69, 9.17) is 0 Å². The molecule has 1 saturated heterocycles. The lowest BCUT2D eigenvalue weighted by Gasteiger charge is -2.19. The summed E-state index contributed by atoms with van der Waals surface area (Å²) in [6.07, 6.45) is 2.60. The van der Waals surface area contributed by atoms with E-state index in [1.807, 2.05) is 0 Å². The first-order valence-electron chi connectivity index (χ1n) is 6.95. The van der Waals surface area contributed by atoms with E-state index in [9.17, 15) is 9.18 Å². The molecule has 0 saturated carbocycles. The lowest BCUT2D eigenvalue weighted by Crippen LogP contribution is -2.27. The average Bonchev–Trinajstić information content (AvgIpc) is 2.93. The molecule has 1 fully saturated rings. The van der Waals surface area contributed by atoms with Crippen molar-refractivity contribution in [1.29, 1.82) is 0 Å². The van der Waals surface area contributed by atoms with Gasteiger partial charge in [-0.3, -0.25) is 4.79 Å². The molecule has 1 aromatic rings. The number of halogens is 2. The number of benzene rings is 1. The van der Waals surface area contributed by atoms with Crippen molar-refractivity contribution in [3.8, 4) is 0 Å². The second-order valence-electron chi connectivity index (χ2n) is 5.38. The largest absolute Gasteiger partial charge is 0.341 e. The Morgan fingerprint density at radius 2 is 2.35 bits per heavy atom. The van der Waals surface area contributed by atoms with Crippen LogP contribution in [-0.4, -0.2) is 30.9 Å². The summed E-state index contributed by atoms with van der Waals surface area (Å²) in [6, 6.07) is 4.80. The van der Waals surface area contributed by atoms with Crippen LogP contribution in [0.1, 0.15) is 24.8 Å². The zero-order valence-corrected chi connectivity index (χ0v) is 13.2. The molecule has 0 spiro atoms. The van der Waals surface area contributed by atoms with Crippen molar-refractivity contribution in [1.82, 2.24) is 10.2 Å². The van der Waals surface area contributed by atoms with Crippen LogP contribution in [0.4, 0.5) is 4.39 Å². The number of amides is 1. The highest BCUT2D eigenvalue weighted by molar-refractivity contribution is 9.10. The molecule has 1 unspecified atom stereocenters. The predicted molar refractivity (Wildman–Crippen MR) is 80.8 cm³/mol. The van der Waals surface area contributed by atoms with Gasteiger partial charge in [0.2, 0.25) is 5.91 Å². The van der Waals surface area contributed by atoms with E-state index in [2.05, 4.69) is 21.2 Å². The van der Waals surface area contributed by atoms with Gasteiger partial charge in [0.15, 0.2) is 0 Å². The molecular formula is C15H20BrFN2O. The highest BCUT2D eigenvalue weighted by Crippen LogP contribution is 2.18. The highest BCUT2D eigenvalue weighted by Gasteiger charge is 2.18. The molecule has 0 aliphatic carbocycles. The minimum Gasteiger partial charge on any atom is -0.341 e. The Labute approximate surface area is 127 Å². The summed E-state index contributed by atoms with van der Waals surface area (Å²) in [6.45, 7) is 2.38. The Morgan fingerprint density at radius 1 is 1.55 bits per heavy atom. The molecule has 1 aliphatic rings. The lowest BCUT2D eigenvalue weighted by molar-refractivity contribution is -0.130. The minimum absolute atomic E-state index is 0.0799. The number of nitrogens with one attached hydrogen (secondary N) is 1. The van der Waals surface area contributed by atoms with Crippen molar-refractivity contribution in [3.05, 3.63) is 34.1 Å². The summed E-state index contributed by atoms with van der Waals surface area (Å²) >= 11 is 3.32. The first-order valence-corrected chi connectivity index (χ1v) is 7.74. The van der Waals surface area contributed by atoms with Crippen LogP contribution in [-0.2, 0) is 11.3 Å². The zero-order valence-electron chi connectivity index (χ0n) is 11.7. The van der Waals surface area contributed by atoms with Crippen LogP contribution >= 0.6 is 15.9 Å². The normalized spacial score (nSPS) is 18.2. The summed E-state index contributed by atoms with van der Waals surface area (Å²) in [4.78, 5) is 13.7. The number of hydrogen-bond acceptors (Lipinski definition) is 2. The summed E-state index contributed by atoms with van der Waals surface area (Å²) in [5.74, 6) is 0.416. The summed E-state index contributed by atoms with van der Waals surface area (Å²) < 4.78 is 14.5. The summed E-state index contributed by atoms with van der Waals surface area (Å²) in [5, 5.41) is 3.30. The van der Waals surface area contributed by atoms with Crippen LogP contribution in [0.5, 0.6) is 0 Å². The molecular weight excluding hydrogens is 323 g/mol. The van der Waals surface area contributed by atoms with Crippen LogP contribution in [0, 0.1) is 11.7 Å². The third-order valence-electron chi connectivity index (χ3n) is 3.77. The zero-order chi connectivity index (χ0) is 14.5. The molecule has 1 aromatic carbocycles. The van der Waals surface area contributed by atoms with Gasteiger partial charge in [0, 0.05) is 30.0 Å². The number of hydrogen-bond donors (Lipinski definition) is 1. The summed E-state index contributed by atoms with van der Waals surface area (Å²) in [7, 11) is 1.73. The molecule has 110 valence electrons. The topological polar surface area (TPSA) is 32.3 Å². The van der Waals surface area contributed by atoms with Gasteiger partial charge >= 0.3 is 0 Å². The Bertz CT molecular complexity index is 475. The fourth-order valence-electron chi connectivity index (χ4n) is 2.49. The molecule has 1 amide bonds. The van der Waals surface area contributed by atoms with E-state index in [-0.39, 0.29) is 11.7 Å². The van der Waals surface area contributed by atoms with Crippen molar-refractivity contribution < 1.29 is 9.18 Å². The Morgan fingerprint density at radius 3 is 3.05 bits per heavy atom. The van der Waals surface area contributed by atoms with E-state index in [0.717, 1.165) is 30.4 Å². The van der Waals surface area contributed by atoms with Crippen LogP contribution in [0.2, 0.25) is 0 Å². The Hall–Kier alpha value is -0.940. The molecule has 1 N–H and O–H groups in total. The van der Waals surface area contributed by atoms with Gasteiger partial charge in [-0.05, 0) is 50.0 Å². The molecule has 0 radical (unpaired) electrons. The van der Waals surface area contributed by atoms with E-state index < -0.39 is 0 Å². The average molecular weight is 343 g/mol. The smallest absolute Gasteiger partial charge is 0.222 e. The molecule has 2 rings (SSSR count). The first-order chi connectivity index (χ1) is 9.56. The SMILES string of the molecule is CN(Cc1cc(Br)ccc1F)C(=O)CCC1CCNC1.